The van der Waals surface area contributed by atoms with Crippen LogP contribution < -0.4 is 5.32 Å². The van der Waals surface area contributed by atoms with Gasteiger partial charge in [0.05, 0.1) is 5.69 Å². The van der Waals surface area contributed by atoms with Crippen molar-refractivity contribution < 1.29 is 9.59 Å². The van der Waals surface area contributed by atoms with Gasteiger partial charge in [-0.2, -0.15) is 0 Å². The Hall–Kier alpha value is -2.40. The van der Waals surface area contributed by atoms with E-state index in [1.54, 1.807) is 35.0 Å². The van der Waals surface area contributed by atoms with Crippen molar-refractivity contribution in [3.63, 3.8) is 0 Å². The highest BCUT2D eigenvalue weighted by atomic mass is 16.2. The van der Waals surface area contributed by atoms with Crippen LogP contribution >= 0.6 is 0 Å². The first kappa shape index (κ1) is 19.4. The maximum atomic E-state index is 12.6. The first-order chi connectivity index (χ1) is 13.1. The average molecular weight is 367 g/mol. The van der Waals surface area contributed by atoms with E-state index in [2.05, 4.69) is 17.1 Å². The molecule has 0 aliphatic carbocycles. The van der Waals surface area contributed by atoms with E-state index in [4.69, 9.17) is 0 Å². The Kier molecular flexibility index (Phi) is 6.82. The molecule has 1 aromatic heterocycles. The number of nitrogens with one attached hydrogen (secondary N) is 1. The van der Waals surface area contributed by atoms with Gasteiger partial charge in [-0.3, -0.25) is 9.59 Å². The quantitative estimate of drug-likeness (QED) is 0.576. The number of carbonyl (C=O) groups is 2. The Labute approximate surface area is 161 Å². The number of amides is 1. The van der Waals surface area contributed by atoms with Crippen LogP contribution in [0.4, 0.5) is 0 Å². The summed E-state index contributed by atoms with van der Waals surface area (Å²) in [5, 5.41) is 2.98. The van der Waals surface area contributed by atoms with E-state index < -0.39 is 0 Å². The zero-order valence-corrected chi connectivity index (χ0v) is 16.1. The van der Waals surface area contributed by atoms with E-state index in [0.29, 0.717) is 23.8 Å². The average Bonchev–Trinajstić information content (AvgIpc) is 3.14. The highest BCUT2D eigenvalue weighted by Crippen LogP contribution is 2.16. The second-order valence-corrected chi connectivity index (χ2v) is 7.30. The van der Waals surface area contributed by atoms with Gasteiger partial charge in [-0.15, -0.1) is 0 Å². The molecule has 1 fully saturated rings. The van der Waals surface area contributed by atoms with Gasteiger partial charge < -0.3 is 14.8 Å². The first-order valence-corrected chi connectivity index (χ1v) is 9.91. The molecule has 3 rings (SSSR count). The van der Waals surface area contributed by atoms with Crippen LogP contribution in [0.15, 0.2) is 48.7 Å². The predicted octanol–water partition coefficient (Wildman–Crippen LogP) is 3.10. The fraction of sp³-hybridized carbons (Fsp3) is 0.455. The number of ketones is 1. The van der Waals surface area contributed by atoms with Crippen molar-refractivity contribution in [2.75, 3.05) is 19.6 Å². The molecule has 0 spiro atoms. The lowest BCUT2D eigenvalue weighted by Gasteiger charge is -2.33. The normalized spacial score (nSPS) is 17.6. The number of rotatable bonds is 8. The zero-order chi connectivity index (χ0) is 19.1. The zero-order valence-electron chi connectivity index (χ0n) is 16.1. The molecule has 0 bridgehead atoms. The third-order valence-corrected chi connectivity index (χ3v) is 5.30. The third kappa shape index (κ3) is 5.30. The van der Waals surface area contributed by atoms with E-state index in [0.717, 1.165) is 13.0 Å². The summed E-state index contributed by atoms with van der Waals surface area (Å²) in [4.78, 5) is 27.4. The van der Waals surface area contributed by atoms with E-state index in [-0.39, 0.29) is 18.2 Å². The highest BCUT2D eigenvalue weighted by Gasteiger charge is 2.17. The van der Waals surface area contributed by atoms with Gasteiger partial charge in [0, 0.05) is 30.9 Å². The number of hydrogen-bond acceptors (Lipinski definition) is 3. The number of benzene rings is 1. The van der Waals surface area contributed by atoms with Crippen LogP contribution in [0.5, 0.6) is 0 Å². The molecule has 1 aromatic carbocycles. The van der Waals surface area contributed by atoms with Crippen molar-refractivity contribution in [3.05, 3.63) is 59.9 Å². The molecule has 1 N–H and O–H groups in total. The minimum absolute atomic E-state index is 0.0556. The topological polar surface area (TPSA) is 54.3 Å². The van der Waals surface area contributed by atoms with E-state index >= 15 is 0 Å². The van der Waals surface area contributed by atoms with Crippen LogP contribution in [-0.2, 0) is 11.3 Å². The van der Waals surface area contributed by atoms with Gasteiger partial charge in [-0.1, -0.05) is 36.8 Å². The van der Waals surface area contributed by atoms with Gasteiger partial charge in [0.15, 0.2) is 0 Å². The van der Waals surface area contributed by atoms with Gasteiger partial charge in [-0.25, -0.2) is 0 Å². The molecule has 0 radical (unpaired) electrons. The lowest BCUT2D eigenvalue weighted by Crippen LogP contribution is -2.39. The fourth-order valence-corrected chi connectivity index (χ4v) is 3.71. The van der Waals surface area contributed by atoms with Crippen LogP contribution in [0.1, 0.15) is 48.7 Å². The molecule has 0 unspecified atom stereocenters. The number of nitrogens with zero attached hydrogens (tertiary/aromatic N) is 2. The molecule has 144 valence electrons. The van der Waals surface area contributed by atoms with Crippen LogP contribution in [0.2, 0.25) is 0 Å². The summed E-state index contributed by atoms with van der Waals surface area (Å²) in [5.74, 6) is -0.118. The monoisotopic (exact) mass is 367 g/mol. The Balaban J connectivity index is 1.46. The van der Waals surface area contributed by atoms with E-state index in [1.807, 2.05) is 18.2 Å². The summed E-state index contributed by atoms with van der Waals surface area (Å²) >= 11 is 0. The largest absolute Gasteiger partial charge is 0.355 e. The first-order valence-electron chi connectivity index (χ1n) is 9.91. The summed E-state index contributed by atoms with van der Waals surface area (Å²) in [6.45, 7) is 5.33. The smallest absolute Gasteiger partial charge is 0.239 e. The summed E-state index contributed by atoms with van der Waals surface area (Å²) in [6, 6.07) is 13.4. The van der Waals surface area contributed by atoms with Gasteiger partial charge >= 0.3 is 0 Å². The molecule has 1 aliphatic heterocycles. The Morgan fingerprint density at radius 1 is 1.11 bits per heavy atom. The van der Waals surface area contributed by atoms with Gasteiger partial charge in [-0.05, 0) is 44.9 Å². The van der Waals surface area contributed by atoms with Crippen molar-refractivity contribution >= 4 is 11.7 Å². The molecule has 1 atom stereocenters. The fourth-order valence-electron chi connectivity index (χ4n) is 3.71. The van der Waals surface area contributed by atoms with E-state index in [9.17, 15) is 9.59 Å². The number of carbonyl (C=O) groups excluding carboxylic acids is 2. The standard InChI is InChI=1S/C22H29N3O2/c1-18-9-5-6-14-24(18)16-8-13-23-21(26)17-25-15-7-12-20(25)22(27)19-10-3-2-4-11-19/h2-4,7,10-12,15,18H,5-6,8-9,13-14,16-17H2,1H3,(H,23,26)/t18-/m1/s1. The lowest BCUT2D eigenvalue weighted by molar-refractivity contribution is -0.121. The minimum Gasteiger partial charge on any atom is -0.355 e. The van der Waals surface area contributed by atoms with Crippen molar-refractivity contribution in [1.29, 1.82) is 0 Å². The molecule has 2 aromatic rings. The third-order valence-electron chi connectivity index (χ3n) is 5.30. The maximum Gasteiger partial charge on any atom is 0.239 e. The summed E-state index contributed by atoms with van der Waals surface area (Å²) in [6.07, 6.45) is 6.62. The van der Waals surface area contributed by atoms with Crippen molar-refractivity contribution in [2.24, 2.45) is 0 Å². The second-order valence-electron chi connectivity index (χ2n) is 7.30. The van der Waals surface area contributed by atoms with Crippen LogP contribution in [0.25, 0.3) is 0 Å². The SMILES string of the molecule is C[C@@H]1CCCCN1CCCNC(=O)Cn1cccc1C(=O)c1ccccc1. The predicted molar refractivity (Wildman–Crippen MR) is 107 cm³/mol. The summed E-state index contributed by atoms with van der Waals surface area (Å²) in [7, 11) is 0. The maximum absolute atomic E-state index is 12.6. The van der Waals surface area contributed by atoms with Crippen molar-refractivity contribution in [1.82, 2.24) is 14.8 Å². The Bertz CT molecular complexity index is 754. The molecular weight excluding hydrogens is 338 g/mol. The van der Waals surface area contributed by atoms with E-state index in [1.165, 1.54) is 25.8 Å². The van der Waals surface area contributed by atoms with Crippen molar-refractivity contribution in [3.8, 4) is 0 Å². The Morgan fingerprint density at radius 2 is 1.93 bits per heavy atom. The number of hydrogen-bond donors (Lipinski definition) is 1. The summed E-state index contributed by atoms with van der Waals surface area (Å²) < 4.78 is 1.72. The summed E-state index contributed by atoms with van der Waals surface area (Å²) in [5.41, 5.74) is 1.17. The van der Waals surface area contributed by atoms with Gasteiger partial charge in [0.2, 0.25) is 11.7 Å². The number of aromatic nitrogens is 1. The molecule has 1 saturated heterocycles. The molecule has 5 nitrogen and oxygen atoms in total. The lowest BCUT2D eigenvalue weighted by atomic mass is 10.0. The highest BCUT2D eigenvalue weighted by molar-refractivity contribution is 6.08. The molecule has 5 heteroatoms. The molecule has 0 saturated carbocycles. The molecule has 27 heavy (non-hydrogen) atoms. The van der Waals surface area contributed by atoms with Crippen LogP contribution in [0, 0.1) is 0 Å². The van der Waals surface area contributed by atoms with Crippen LogP contribution in [-0.4, -0.2) is 46.8 Å². The number of piperidine rings is 1. The molecule has 1 aliphatic rings. The Morgan fingerprint density at radius 3 is 2.70 bits per heavy atom. The second kappa shape index (κ2) is 9.51. The molecular formula is C22H29N3O2. The van der Waals surface area contributed by atoms with Gasteiger partial charge in [0.25, 0.3) is 0 Å². The van der Waals surface area contributed by atoms with Crippen LogP contribution in [0.3, 0.4) is 0 Å². The number of likely N-dealkylation sites (tertiary alicyclic amines) is 1. The van der Waals surface area contributed by atoms with Crippen molar-refractivity contribution in [2.45, 2.75) is 45.2 Å². The molecule has 2 heterocycles. The van der Waals surface area contributed by atoms with Gasteiger partial charge in [0.1, 0.15) is 6.54 Å². The minimum atomic E-state index is -0.0625. The molecule has 1 amide bonds.